The largest absolute Gasteiger partial charge is 0.469 e. The van der Waals surface area contributed by atoms with E-state index < -0.39 is 32.5 Å². The van der Waals surface area contributed by atoms with Crippen molar-refractivity contribution in [2.24, 2.45) is 0 Å². The van der Waals surface area contributed by atoms with Crippen LogP contribution in [0.4, 0.5) is 0 Å². The number of phosphoric acid groups is 1. The second-order valence-corrected chi connectivity index (χ2v) is 12.4. The van der Waals surface area contributed by atoms with Gasteiger partial charge in [0, 0.05) is 19.3 Å². The number of carbonyl (C=O) groups is 3. The van der Waals surface area contributed by atoms with E-state index in [-0.39, 0.29) is 25.2 Å². The van der Waals surface area contributed by atoms with Crippen LogP contribution in [0, 0.1) is 0 Å². The summed E-state index contributed by atoms with van der Waals surface area (Å²) in [4.78, 5) is 54.1. The van der Waals surface area contributed by atoms with Gasteiger partial charge >= 0.3 is 19.8 Å². The molecule has 0 heterocycles. The second-order valence-electron chi connectivity index (χ2n) is 11.2. The summed E-state index contributed by atoms with van der Waals surface area (Å²) in [5, 5.41) is 0. The Morgan fingerprint density at radius 1 is 0.651 bits per heavy atom. The number of ketones is 1. The van der Waals surface area contributed by atoms with E-state index >= 15 is 0 Å². The van der Waals surface area contributed by atoms with Crippen LogP contribution in [0.5, 0.6) is 0 Å². The van der Waals surface area contributed by atoms with Gasteiger partial charge in [-0.05, 0) is 38.2 Å². The Labute approximate surface area is 260 Å². The molecule has 0 aromatic rings. The maximum Gasteiger partial charge on any atom is 0.469 e. The fourth-order valence-electron chi connectivity index (χ4n) is 4.41. The van der Waals surface area contributed by atoms with Crippen molar-refractivity contribution in [3.05, 3.63) is 24.3 Å². The third kappa shape index (κ3) is 31.4. The molecule has 9 nitrogen and oxygen atoms in total. The predicted octanol–water partition coefficient (Wildman–Crippen LogP) is 8.46. The van der Waals surface area contributed by atoms with Gasteiger partial charge in [0.15, 0.2) is 11.9 Å². The third-order valence-corrected chi connectivity index (χ3v) is 7.43. The summed E-state index contributed by atoms with van der Waals surface area (Å²) in [6.45, 7) is 3.45. The Balaban J connectivity index is 4.10. The summed E-state index contributed by atoms with van der Waals surface area (Å²) in [6.07, 6.45) is 26.1. The fourth-order valence-corrected chi connectivity index (χ4v) is 4.77. The summed E-state index contributed by atoms with van der Waals surface area (Å²) in [5.74, 6) is -0.780. The van der Waals surface area contributed by atoms with E-state index in [2.05, 4.69) is 24.4 Å². The van der Waals surface area contributed by atoms with Crippen LogP contribution in [0.25, 0.3) is 0 Å². The van der Waals surface area contributed by atoms with Crippen molar-refractivity contribution in [3.8, 4) is 0 Å². The zero-order valence-corrected chi connectivity index (χ0v) is 27.7. The van der Waals surface area contributed by atoms with E-state index in [0.29, 0.717) is 19.3 Å². The van der Waals surface area contributed by atoms with E-state index in [9.17, 15) is 18.9 Å². The standard InChI is InChI=1S/C33H59O9P/c1-3-5-7-8-9-11-15-18-22-26-32(35)40-28-31(29-41-43(37,38)39)42-33(36)27-23-19-16-13-10-12-14-17-21-25-30(34)24-20-6-4-2/h14,17,21,25,31H,3-13,15-16,18-20,22-24,26-29H2,1-2H3,(H2,37,38,39)/b17-14-,25-21+/t31-/m1/s1. The lowest BCUT2D eigenvalue weighted by Gasteiger charge is -2.18. The van der Waals surface area contributed by atoms with Crippen molar-refractivity contribution in [2.45, 2.75) is 155 Å². The van der Waals surface area contributed by atoms with Crippen LogP contribution in [0.1, 0.15) is 149 Å². The van der Waals surface area contributed by atoms with Crippen LogP contribution >= 0.6 is 7.82 Å². The number of ether oxygens (including phenoxy) is 2. The average Bonchev–Trinajstić information content (AvgIpc) is 2.96. The summed E-state index contributed by atoms with van der Waals surface area (Å²) in [7, 11) is -4.76. The lowest BCUT2D eigenvalue weighted by molar-refractivity contribution is -0.161. The van der Waals surface area contributed by atoms with Gasteiger partial charge in [0.1, 0.15) is 6.61 Å². The molecule has 0 saturated heterocycles. The monoisotopic (exact) mass is 630 g/mol. The molecule has 0 radical (unpaired) electrons. The van der Waals surface area contributed by atoms with Gasteiger partial charge < -0.3 is 19.3 Å². The van der Waals surface area contributed by atoms with Crippen LogP contribution in [-0.2, 0) is 32.9 Å². The van der Waals surface area contributed by atoms with Crippen LogP contribution in [0.15, 0.2) is 24.3 Å². The van der Waals surface area contributed by atoms with Gasteiger partial charge in [0.05, 0.1) is 6.61 Å². The van der Waals surface area contributed by atoms with Crippen molar-refractivity contribution in [3.63, 3.8) is 0 Å². The van der Waals surface area contributed by atoms with E-state index in [1.807, 2.05) is 6.08 Å². The topological polar surface area (TPSA) is 136 Å². The summed E-state index contributed by atoms with van der Waals surface area (Å²) >= 11 is 0. The average molecular weight is 631 g/mol. The van der Waals surface area contributed by atoms with Crippen LogP contribution < -0.4 is 0 Å². The first kappa shape index (κ1) is 41.2. The number of allylic oxidation sites excluding steroid dienone is 4. The highest BCUT2D eigenvalue weighted by atomic mass is 31.2. The minimum Gasteiger partial charge on any atom is -0.462 e. The SMILES string of the molecule is CCCCCCCCCCCC(=O)OC[C@H](COP(=O)(O)O)OC(=O)CCCCCCC/C=C\C=C\C(=O)CCCCC. The van der Waals surface area contributed by atoms with E-state index in [0.717, 1.165) is 70.6 Å². The molecular formula is C33H59O9P. The summed E-state index contributed by atoms with van der Waals surface area (Å²) in [6, 6.07) is 0. The molecule has 1 atom stereocenters. The van der Waals surface area contributed by atoms with Crippen molar-refractivity contribution >= 4 is 25.5 Å². The van der Waals surface area contributed by atoms with Crippen molar-refractivity contribution in [1.82, 2.24) is 0 Å². The lowest BCUT2D eigenvalue weighted by atomic mass is 10.1. The molecule has 0 aliphatic rings. The normalized spacial score (nSPS) is 12.7. The highest BCUT2D eigenvalue weighted by molar-refractivity contribution is 7.46. The maximum atomic E-state index is 12.3. The molecule has 0 unspecified atom stereocenters. The zero-order chi connectivity index (χ0) is 32.0. The van der Waals surface area contributed by atoms with Gasteiger partial charge in [-0.1, -0.05) is 116 Å². The van der Waals surface area contributed by atoms with Gasteiger partial charge in [-0.3, -0.25) is 18.9 Å². The van der Waals surface area contributed by atoms with Gasteiger partial charge in [0.2, 0.25) is 0 Å². The van der Waals surface area contributed by atoms with Crippen molar-refractivity contribution in [2.75, 3.05) is 13.2 Å². The van der Waals surface area contributed by atoms with Gasteiger partial charge in [0.25, 0.3) is 0 Å². The first-order valence-electron chi connectivity index (χ1n) is 16.6. The lowest BCUT2D eigenvalue weighted by Crippen LogP contribution is -2.29. The molecule has 0 aliphatic carbocycles. The van der Waals surface area contributed by atoms with Crippen LogP contribution in [0.3, 0.4) is 0 Å². The molecule has 0 bridgehead atoms. The Morgan fingerprint density at radius 2 is 1.16 bits per heavy atom. The quantitative estimate of drug-likeness (QED) is 0.0263. The van der Waals surface area contributed by atoms with E-state index in [1.54, 1.807) is 12.2 Å². The number of carbonyl (C=O) groups excluding carboxylic acids is 3. The van der Waals surface area contributed by atoms with Gasteiger partial charge in [-0.2, -0.15) is 0 Å². The summed E-state index contributed by atoms with van der Waals surface area (Å²) in [5.41, 5.74) is 0. The molecule has 10 heteroatoms. The van der Waals surface area contributed by atoms with E-state index in [4.69, 9.17) is 19.3 Å². The molecule has 0 spiro atoms. The number of phosphoric ester groups is 1. The molecular weight excluding hydrogens is 571 g/mol. The van der Waals surface area contributed by atoms with E-state index in [1.165, 1.54) is 32.1 Å². The highest BCUT2D eigenvalue weighted by Crippen LogP contribution is 2.35. The number of hydrogen-bond acceptors (Lipinski definition) is 7. The minimum absolute atomic E-state index is 0.162. The predicted molar refractivity (Wildman–Crippen MR) is 170 cm³/mol. The smallest absolute Gasteiger partial charge is 0.462 e. The van der Waals surface area contributed by atoms with Crippen LogP contribution in [0.2, 0.25) is 0 Å². The number of hydrogen-bond donors (Lipinski definition) is 2. The first-order valence-corrected chi connectivity index (χ1v) is 18.1. The fraction of sp³-hybridized carbons (Fsp3) is 0.788. The molecule has 0 fully saturated rings. The molecule has 0 aliphatic heterocycles. The third-order valence-electron chi connectivity index (χ3n) is 6.95. The molecule has 43 heavy (non-hydrogen) atoms. The maximum absolute atomic E-state index is 12.3. The van der Waals surface area contributed by atoms with Gasteiger partial charge in [-0.25, -0.2) is 4.57 Å². The molecule has 0 rings (SSSR count). The minimum atomic E-state index is -4.76. The first-order chi connectivity index (χ1) is 20.7. The molecule has 2 N–H and O–H groups in total. The molecule has 0 amide bonds. The van der Waals surface area contributed by atoms with Gasteiger partial charge in [-0.15, -0.1) is 0 Å². The molecule has 0 aromatic carbocycles. The van der Waals surface area contributed by atoms with Crippen LogP contribution in [-0.4, -0.2) is 46.8 Å². The van der Waals surface area contributed by atoms with Crippen molar-refractivity contribution < 1.29 is 42.7 Å². The number of esters is 2. The Hall–Kier alpha value is -1.80. The Bertz CT molecular complexity index is 819. The molecule has 0 saturated carbocycles. The number of rotatable bonds is 30. The summed E-state index contributed by atoms with van der Waals surface area (Å²) < 4.78 is 26.1. The second kappa shape index (κ2) is 28.9. The molecule has 0 aromatic heterocycles. The van der Waals surface area contributed by atoms with Crippen molar-refractivity contribution in [1.29, 1.82) is 0 Å². The zero-order valence-electron chi connectivity index (χ0n) is 26.8. The Morgan fingerprint density at radius 3 is 1.77 bits per heavy atom. The highest BCUT2D eigenvalue weighted by Gasteiger charge is 2.22. The molecule has 250 valence electrons. The number of unbranched alkanes of at least 4 members (excludes halogenated alkanes) is 15. The Kier molecular flexibility index (Phi) is 27.7.